The Morgan fingerprint density at radius 2 is 1.90 bits per heavy atom. The lowest BCUT2D eigenvalue weighted by atomic mass is 10.1. The molecule has 4 heteroatoms. The topological polar surface area (TPSA) is 32.7 Å². The van der Waals surface area contributed by atoms with Crippen molar-refractivity contribution in [2.75, 3.05) is 19.1 Å². The van der Waals surface area contributed by atoms with Gasteiger partial charge in [0.15, 0.2) is 0 Å². The van der Waals surface area contributed by atoms with Crippen molar-refractivity contribution in [1.29, 1.82) is 0 Å². The number of rotatable bonds is 5. The molecule has 2 aromatic rings. The van der Waals surface area contributed by atoms with Crippen LogP contribution in [0.5, 0.6) is 5.75 Å². The highest BCUT2D eigenvalue weighted by Gasteiger charge is 2.10. The number of benzene rings is 2. The molecule has 1 N–H and O–H groups in total. The molecule has 2 rings (SSSR count). The van der Waals surface area contributed by atoms with Gasteiger partial charge < -0.3 is 14.7 Å². The van der Waals surface area contributed by atoms with Crippen molar-refractivity contribution < 1.29 is 9.84 Å². The summed E-state index contributed by atoms with van der Waals surface area (Å²) in [7, 11) is 3.65. The van der Waals surface area contributed by atoms with Crippen molar-refractivity contribution in [1.82, 2.24) is 0 Å². The Hall–Kier alpha value is -1.71. The van der Waals surface area contributed by atoms with Crippen LogP contribution in [0.3, 0.4) is 0 Å². The van der Waals surface area contributed by atoms with Gasteiger partial charge in [-0.15, -0.1) is 0 Å². The summed E-state index contributed by atoms with van der Waals surface area (Å²) >= 11 is 5.96. The summed E-state index contributed by atoms with van der Waals surface area (Å²) < 4.78 is 5.36. The fraction of sp³-hybridized carbons (Fsp3) is 0.250. The Kier molecular flexibility index (Phi) is 4.88. The maximum Gasteiger partial charge on any atom is 0.123 e. The number of halogens is 1. The number of anilines is 1. The quantitative estimate of drug-likeness (QED) is 0.915. The Morgan fingerprint density at radius 3 is 2.60 bits per heavy atom. The van der Waals surface area contributed by atoms with E-state index in [4.69, 9.17) is 16.3 Å². The van der Waals surface area contributed by atoms with Gasteiger partial charge in [0, 0.05) is 35.4 Å². The maximum absolute atomic E-state index is 9.45. The maximum atomic E-state index is 9.45. The zero-order valence-corrected chi connectivity index (χ0v) is 12.4. The van der Waals surface area contributed by atoms with E-state index in [1.165, 1.54) is 0 Å². The van der Waals surface area contributed by atoms with E-state index in [1.807, 2.05) is 43.4 Å². The molecule has 106 valence electrons. The summed E-state index contributed by atoms with van der Waals surface area (Å²) in [4.78, 5) is 2.07. The minimum absolute atomic E-state index is 0.0356. The van der Waals surface area contributed by atoms with E-state index in [0.29, 0.717) is 11.6 Å². The molecule has 0 aromatic heterocycles. The predicted octanol–water partition coefficient (Wildman–Crippen LogP) is 3.48. The van der Waals surface area contributed by atoms with Crippen molar-refractivity contribution in [3.63, 3.8) is 0 Å². The Bertz CT molecular complexity index is 586. The molecule has 0 saturated carbocycles. The molecule has 0 fully saturated rings. The lowest BCUT2D eigenvalue weighted by Gasteiger charge is -2.23. The molecule has 0 amide bonds. The Labute approximate surface area is 124 Å². The van der Waals surface area contributed by atoms with Gasteiger partial charge in [0.25, 0.3) is 0 Å². The van der Waals surface area contributed by atoms with Gasteiger partial charge in [-0.25, -0.2) is 0 Å². The number of hydrogen-bond donors (Lipinski definition) is 1. The third-order valence-electron chi connectivity index (χ3n) is 3.22. The molecule has 0 unspecified atom stereocenters. The molecular weight excluding hydrogens is 274 g/mol. The van der Waals surface area contributed by atoms with Crippen LogP contribution in [0.4, 0.5) is 5.69 Å². The summed E-state index contributed by atoms with van der Waals surface area (Å²) in [5.41, 5.74) is 2.87. The second kappa shape index (κ2) is 6.64. The average molecular weight is 292 g/mol. The third kappa shape index (κ3) is 3.24. The third-order valence-corrected chi connectivity index (χ3v) is 3.46. The van der Waals surface area contributed by atoms with Crippen molar-refractivity contribution in [2.24, 2.45) is 0 Å². The van der Waals surface area contributed by atoms with Gasteiger partial charge in [-0.3, -0.25) is 0 Å². The number of hydrogen-bond acceptors (Lipinski definition) is 3. The first-order chi connectivity index (χ1) is 9.65. The molecule has 0 radical (unpaired) electrons. The number of aliphatic hydroxyl groups is 1. The van der Waals surface area contributed by atoms with E-state index in [-0.39, 0.29) is 6.61 Å². The fourth-order valence-electron chi connectivity index (χ4n) is 2.23. The van der Waals surface area contributed by atoms with E-state index >= 15 is 0 Å². The van der Waals surface area contributed by atoms with Crippen LogP contribution in [0.2, 0.25) is 5.02 Å². The summed E-state index contributed by atoms with van der Waals surface area (Å²) in [6.07, 6.45) is 0. The van der Waals surface area contributed by atoms with Crippen molar-refractivity contribution in [3.8, 4) is 5.75 Å². The van der Waals surface area contributed by atoms with E-state index in [9.17, 15) is 5.11 Å². The lowest BCUT2D eigenvalue weighted by molar-refractivity contribution is 0.282. The normalized spacial score (nSPS) is 10.4. The minimum atomic E-state index is -0.0356. The van der Waals surface area contributed by atoms with E-state index in [1.54, 1.807) is 13.2 Å². The molecule has 2 aromatic carbocycles. The smallest absolute Gasteiger partial charge is 0.123 e. The zero-order valence-electron chi connectivity index (χ0n) is 11.6. The first-order valence-electron chi connectivity index (χ1n) is 6.38. The highest BCUT2D eigenvalue weighted by atomic mass is 35.5. The van der Waals surface area contributed by atoms with Gasteiger partial charge in [0.2, 0.25) is 0 Å². The van der Waals surface area contributed by atoms with E-state index in [2.05, 4.69) is 4.90 Å². The fourth-order valence-corrected chi connectivity index (χ4v) is 2.42. The van der Waals surface area contributed by atoms with Crippen LogP contribution in [-0.2, 0) is 13.2 Å². The summed E-state index contributed by atoms with van der Waals surface area (Å²) in [5.74, 6) is 0.860. The zero-order chi connectivity index (χ0) is 14.5. The van der Waals surface area contributed by atoms with Gasteiger partial charge >= 0.3 is 0 Å². The number of aliphatic hydroxyl groups excluding tert-OH is 1. The number of nitrogens with zero attached hydrogens (tertiary/aromatic N) is 1. The standard InChI is InChI=1S/C16H18ClNO2/c1-18(10-12-5-3-4-6-16(12)20-2)15-8-7-14(17)9-13(15)11-19/h3-9,19H,10-11H2,1-2H3. The van der Waals surface area contributed by atoms with Crippen molar-refractivity contribution >= 4 is 17.3 Å². The molecule has 0 spiro atoms. The van der Waals surface area contributed by atoms with Crippen LogP contribution in [0, 0.1) is 0 Å². The van der Waals surface area contributed by atoms with Gasteiger partial charge in [0.1, 0.15) is 5.75 Å². The predicted molar refractivity (Wildman–Crippen MR) is 82.5 cm³/mol. The largest absolute Gasteiger partial charge is 0.496 e. The Morgan fingerprint density at radius 1 is 1.15 bits per heavy atom. The van der Waals surface area contributed by atoms with Gasteiger partial charge in [-0.1, -0.05) is 29.8 Å². The molecule has 20 heavy (non-hydrogen) atoms. The number of methoxy groups -OCH3 is 1. The first-order valence-corrected chi connectivity index (χ1v) is 6.76. The van der Waals surface area contributed by atoms with Crippen LogP contribution < -0.4 is 9.64 Å². The average Bonchev–Trinajstić information content (AvgIpc) is 2.47. The number of para-hydroxylation sites is 1. The summed E-state index contributed by atoms with van der Waals surface area (Å²) in [5, 5.41) is 10.1. The molecule has 3 nitrogen and oxygen atoms in total. The molecule has 0 aliphatic rings. The first kappa shape index (κ1) is 14.7. The lowest BCUT2D eigenvalue weighted by Crippen LogP contribution is -2.18. The highest BCUT2D eigenvalue weighted by molar-refractivity contribution is 6.30. The molecule has 0 bridgehead atoms. The second-order valence-corrected chi connectivity index (χ2v) is 5.04. The van der Waals surface area contributed by atoms with E-state index < -0.39 is 0 Å². The Balaban J connectivity index is 2.26. The molecule has 0 aliphatic heterocycles. The highest BCUT2D eigenvalue weighted by Crippen LogP contribution is 2.27. The molecule has 0 aliphatic carbocycles. The van der Waals surface area contributed by atoms with E-state index in [0.717, 1.165) is 22.6 Å². The monoisotopic (exact) mass is 291 g/mol. The molecule has 0 saturated heterocycles. The van der Waals surface area contributed by atoms with Crippen molar-refractivity contribution in [3.05, 3.63) is 58.6 Å². The van der Waals surface area contributed by atoms with Crippen LogP contribution in [0.1, 0.15) is 11.1 Å². The summed E-state index contributed by atoms with van der Waals surface area (Å²) in [6, 6.07) is 13.4. The van der Waals surface area contributed by atoms with Crippen LogP contribution >= 0.6 is 11.6 Å². The molecular formula is C16H18ClNO2. The minimum Gasteiger partial charge on any atom is -0.496 e. The SMILES string of the molecule is COc1ccccc1CN(C)c1ccc(Cl)cc1CO. The number of ether oxygens (including phenoxy) is 1. The van der Waals surface area contributed by atoms with Gasteiger partial charge in [-0.05, 0) is 24.3 Å². The van der Waals surface area contributed by atoms with Gasteiger partial charge in [0.05, 0.1) is 13.7 Å². The summed E-state index contributed by atoms with van der Waals surface area (Å²) in [6.45, 7) is 0.658. The van der Waals surface area contributed by atoms with Gasteiger partial charge in [-0.2, -0.15) is 0 Å². The van der Waals surface area contributed by atoms with Crippen LogP contribution in [0.15, 0.2) is 42.5 Å². The molecule has 0 atom stereocenters. The van der Waals surface area contributed by atoms with Crippen LogP contribution in [0.25, 0.3) is 0 Å². The van der Waals surface area contributed by atoms with Crippen LogP contribution in [-0.4, -0.2) is 19.3 Å². The molecule has 0 heterocycles. The second-order valence-electron chi connectivity index (χ2n) is 4.60. The van der Waals surface area contributed by atoms with Crippen molar-refractivity contribution in [2.45, 2.75) is 13.2 Å².